The van der Waals surface area contributed by atoms with Crippen molar-refractivity contribution in [3.63, 3.8) is 0 Å². The predicted octanol–water partition coefficient (Wildman–Crippen LogP) is 2.97. The number of hydrogen-bond donors (Lipinski definition) is 1. The minimum Gasteiger partial charge on any atom is -0.385 e. The van der Waals surface area contributed by atoms with Crippen LogP contribution >= 0.6 is 15.9 Å². The summed E-state index contributed by atoms with van der Waals surface area (Å²) in [5.74, 6) is 0. The highest BCUT2D eigenvalue weighted by Crippen LogP contribution is 2.22. The molecule has 4 nitrogen and oxygen atoms in total. The summed E-state index contributed by atoms with van der Waals surface area (Å²) in [5, 5.41) is 13.3. The number of halogens is 1. The summed E-state index contributed by atoms with van der Waals surface area (Å²) in [7, 11) is 0. The van der Waals surface area contributed by atoms with Gasteiger partial charge in [0.15, 0.2) is 0 Å². The van der Waals surface area contributed by atoms with Crippen LogP contribution in [0.3, 0.4) is 0 Å². The maximum Gasteiger partial charge on any atom is 0.0924 e. The Hall–Kier alpha value is -1.03. The molecule has 0 bridgehead atoms. The van der Waals surface area contributed by atoms with Crippen molar-refractivity contribution in [2.45, 2.75) is 12.5 Å². The van der Waals surface area contributed by atoms with Gasteiger partial charge in [-0.05, 0) is 30.2 Å². The summed E-state index contributed by atoms with van der Waals surface area (Å²) in [6.07, 6.45) is 0. The smallest absolute Gasteiger partial charge is 0.0924 e. The zero-order valence-electron chi connectivity index (χ0n) is 7.68. The molecule has 1 N–H and O–H groups in total. The fraction of sp³-hybridized carbons (Fsp3) is 0.333. The molecule has 5 heteroatoms. The van der Waals surface area contributed by atoms with Crippen LogP contribution in [0.1, 0.15) is 12.5 Å². The van der Waals surface area contributed by atoms with Gasteiger partial charge in [0.25, 0.3) is 0 Å². The summed E-state index contributed by atoms with van der Waals surface area (Å²) < 4.78 is 0.945. The average molecular weight is 256 g/mol. The second kappa shape index (κ2) is 4.46. The number of azide groups is 1. The predicted molar refractivity (Wildman–Crippen MR) is 57.7 cm³/mol. The van der Waals surface area contributed by atoms with Gasteiger partial charge in [-0.25, -0.2) is 0 Å². The molecule has 1 aromatic rings. The summed E-state index contributed by atoms with van der Waals surface area (Å²) in [6.45, 7) is 1.65. The van der Waals surface area contributed by atoms with Crippen LogP contribution in [0, 0.1) is 0 Å². The molecule has 0 aliphatic rings. The first-order chi connectivity index (χ1) is 6.56. The fourth-order valence-electron chi connectivity index (χ4n) is 1.07. The van der Waals surface area contributed by atoms with Crippen LogP contribution in [0.2, 0.25) is 0 Å². The Kier molecular flexibility index (Phi) is 3.52. The molecule has 0 aliphatic heterocycles. The van der Waals surface area contributed by atoms with E-state index in [1.807, 2.05) is 12.1 Å². The van der Waals surface area contributed by atoms with Gasteiger partial charge in [0.2, 0.25) is 0 Å². The second-order valence-corrected chi connectivity index (χ2v) is 4.09. The lowest BCUT2D eigenvalue weighted by molar-refractivity contribution is 0.0669. The number of benzene rings is 1. The normalized spacial score (nSPS) is 14.2. The van der Waals surface area contributed by atoms with Crippen LogP contribution in [0.15, 0.2) is 33.9 Å². The molecule has 0 heterocycles. The second-order valence-electron chi connectivity index (χ2n) is 3.17. The van der Waals surface area contributed by atoms with Crippen LogP contribution in [0.25, 0.3) is 10.4 Å². The highest BCUT2D eigenvalue weighted by atomic mass is 79.9. The van der Waals surface area contributed by atoms with Gasteiger partial charge < -0.3 is 5.11 Å². The molecule has 0 radical (unpaired) electrons. The van der Waals surface area contributed by atoms with Crippen molar-refractivity contribution in [3.05, 3.63) is 44.7 Å². The third kappa shape index (κ3) is 2.73. The first kappa shape index (κ1) is 11.0. The SMILES string of the molecule is C[C@](O)(CN=[N+]=[N-])c1ccc(Br)cc1. The first-order valence-corrected chi connectivity index (χ1v) is 4.85. The highest BCUT2D eigenvalue weighted by Gasteiger charge is 2.21. The van der Waals surface area contributed by atoms with Crippen LogP contribution in [0.5, 0.6) is 0 Å². The van der Waals surface area contributed by atoms with Crippen LogP contribution < -0.4 is 0 Å². The van der Waals surface area contributed by atoms with E-state index >= 15 is 0 Å². The van der Waals surface area contributed by atoms with Gasteiger partial charge in [-0.3, -0.25) is 0 Å². The largest absolute Gasteiger partial charge is 0.385 e. The Morgan fingerprint density at radius 1 is 1.50 bits per heavy atom. The first-order valence-electron chi connectivity index (χ1n) is 4.05. The Morgan fingerprint density at radius 2 is 2.07 bits per heavy atom. The lowest BCUT2D eigenvalue weighted by Gasteiger charge is -2.21. The molecule has 0 unspecified atom stereocenters. The number of hydrogen-bond acceptors (Lipinski definition) is 2. The van der Waals surface area contributed by atoms with E-state index in [1.54, 1.807) is 19.1 Å². The van der Waals surface area contributed by atoms with Crippen LogP contribution in [-0.4, -0.2) is 11.7 Å². The van der Waals surface area contributed by atoms with Gasteiger partial charge in [-0.2, -0.15) is 0 Å². The molecule has 1 rings (SSSR count). The van der Waals surface area contributed by atoms with Crippen molar-refractivity contribution in [2.75, 3.05) is 6.54 Å². The number of nitrogens with zero attached hydrogens (tertiary/aromatic N) is 3. The standard InChI is InChI=1S/C9H10BrN3O/c1-9(14,6-12-13-11)7-2-4-8(10)5-3-7/h2-5,14H,6H2,1H3/t9-/m0/s1. The third-order valence-electron chi connectivity index (χ3n) is 1.91. The molecule has 0 spiro atoms. The van der Waals surface area contributed by atoms with Gasteiger partial charge in [0.1, 0.15) is 0 Å². The Balaban J connectivity index is 2.91. The van der Waals surface area contributed by atoms with Gasteiger partial charge in [0.05, 0.1) is 12.1 Å². The Bertz CT molecular complexity index is 355. The zero-order chi connectivity index (χ0) is 10.6. The zero-order valence-corrected chi connectivity index (χ0v) is 9.27. The van der Waals surface area contributed by atoms with E-state index < -0.39 is 5.60 Å². The summed E-state index contributed by atoms with van der Waals surface area (Å²) in [6, 6.07) is 7.24. The molecule has 74 valence electrons. The minimum absolute atomic E-state index is 0.0329. The van der Waals surface area contributed by atoms with Crippen molar-refractivity contribution >= 4 is 15.9 Å². The molecular weight excluding hydrogens is 246 g/mol. The third-order valence-corrected chi connectivity index (χ3v) is 2.44. The maximum atomic E-state index is 9.93. The lowest BCUT2D eigenvalue weighted by atomic mass is 9.96. The molecule has 0 amide bonds. The molecule has 0 fully saturated rings. The van der Waals surface area contributed by atoms with Crippen LogP contribution in [-0.2, 0) is 5.60 Å². The van der Waals surface area contributed by atoms with E-state index in [0.717, 1.165) is 10.0 Å². The molecule has 0 saturated heterocycles. The minimum atomic E-state index is -1.10. The monoisotopic (exact) mass is 255 g/mol. The molecule has 14 heavy (non-hydrogen) atoms. The van der Waals surface area contributed by atoms with E-state index in [4.69, 9.17) is 5.53 Å². The van der Waals surface area contributed by atoms with E-state index in [1.165, 1.54) is 0 Å². The van der Waals surface area contributed by atoms with Gasteiger partial charge in [-0.15, -0.1) is 0 Å². The van der Waals surface area contributed by atoms with Crippen molar-refractivity contribution in [1.82, 2.24) is 0 Å². The summed E-state index contributed by atoms with van der Waals surface area (Å²) in [4.78, 5) is 2.62. The number of rotatable bonds is 3. The van der Waals surface area contributed by atoms with Crippen LogP contribution in [0.4, 0.5) is 0 Å². The van der Waals surface area contributed by atoms with Crippen molar-refractivity contribution in [3.8, 4) is 0 Å². The van der Waals surface area contributed by atoms with E-state index in [9.17, 15) is 5.11 Å². The Labute approximate surface area is 90.3 Å². The molecular formula is C9H10BrN3O. The molecule has 1 aromatic carbocycles. The summed E-state index contributed by atoms with van der Waals surface area (Å²) in [5.41, 5.74) is 7.79. The topological polar surface area (TPSA) is 69.0 Å². The maximum absolute atomic E-state index is 9.93. The average Bonchev–Trinajstić information content (AvgIpc) is 2.16. The van der Waals surface area contributed by atoms with Crippen molar-refractivity contribution in [2.24, 2.45) is 5.11 Å². The highest BCUT2D eigenvalue weighted by molar-refractivity contribution is 9.10. The van der Waals surface area contributed by atoms with Crippen molar-refractivity contribution in [1.29, 1.82) is 0 Å². The number of aliphatic hydroxyl groups is 1. The quantitative estimate of drug-likeness (QED) is 0.504. The van der Waals surface area contributed by atoms with E-state index in [0.29, 0.717) is 0 Å². The lowest BCUT2D eigenvalue weighted by Crippen LogP contribution is -2.24. The molecule has 1 atom stereocenters. The summed E-state index contributed by atoms with van der Waals surface area (Å²) >= 11 is 3.30. The molecule has 0 aliphatic carbocycles. The van der Waals surface area contributed by atoms with Gasteiger partial charge in [0, 0.05) is 9.38 Å². The molecule has 0 saturated carbocycles. The van der Waals surface area contributed by atoms with E-state index in [2.05, 4.69) is 26.0 Å². The van der Waals surface area contributed by atoms with E-state index in [-0.39, 0.29) is 6.54 Å². The molecule has 0 aromatic heterocycles. The fourth-order valence-corrected chi connectivity index (χ4v) is 1.33. The Morgan fingerprint density at radius 3 is 2.57 bits per heavy atom. The van der Waals surface area contributed by atoms with Crippen molar-refractivity contribution < 1.29 is 5.11 Å². The van der Waals surface area contributed by atoms with Gasteiger partial charge >= 0.3 is 0 Å². The van der Waals surface area contributed by atoms with Gasteiger partial charge in [-0.1, -0.05) is 33.2 Å².